The van der Waals surface area contributed by atoms with Gasteiger partial charge < -0.3 is 15.4 Å². The van der Waals surface area contributed by atoms with Crippen molar-refractivity contribution in [3.8, 4) is 0 Å². The molecule has 5 heteroatoms. The van der Waals surface area contributed by atoms with Crippen molar-refractivity contribution in [2.45, 2.75) is 57.5 Å². The average Bonchev–Trinajstić information content (AvgIpc) is 2.81. The predicted molar refractivity (Wildman–Crippen MR) is 71.3 cm³/mol. The third-order valence-electron chi connectivity index (χ3n) is 4.13. The van der Waals surface area contributed by atoms with E-state index >= 15 is 0 Å². The lowest BCUT2D eigenvalue weighted by molar-refractivity contribution is -0.154. The van der Waals surface area contributed by atoms with Crippen molar-refractivity contribution in [2.24, 2.45) is 11.7 Å². The summed E-state index contributed by atoms with van der Waals surface area (Å²) in [6, 6.07) is -0.577. The van der Waals surface area contributed by atoms with Crippen molar-refractivity contribution in [2.75, 3.05) is 13.2 Å². The molecule has 1 aliphatic heterocycles. The summed E-state index contributed by atoms with van der Waals surface area (Å²) in [7, 11) is 0. The van der Waals surface area contributed by atoms with Crippen LogP contribution in [0.25, 0.3) is 0 Å². The summed E-state index contributed by atoms with van der Waals surface area (Å²) in [6.07, 6.45) is 5.85. The zero-order chi connectivity index (χ0) is 13.8. The van der Waals surface area contributed by atoms with E-state index in [1.165, 1.54) is 6.42 Å². The third kappa shape index (κ3) is 3.26. The number of nitrogens with two attached hydrogens (primary N) is 1. The summed E-state index contributed by atoms with van der Waals surface area (Å²) in [5.41, 5.74) is 5.92. The molecule has 1 amide bonds. The second-order valence-electron chi connectivity index (χ2n) is 5.59. The van der Waals surface area contributed by atoms with Crippen LogP contribution in [0.5, 0.6) is 0 Å². The van der Waals surface area contributed by atoms with Gasteiger partial charge in [0.25, 0.3) is 0 Å². The van der Waals surface area contributed by atoms with E-state index in [-0.39, 0.29) is 23.8 Å². The van der Waals surface area contributed by atoms with Gasteiger partial charge in [-0.25, -0.2) is 4.79 Å². The van der Waals surface area contributed by atoms with E-state index in [1.807, 2.05) is 0 Å². The maximum Gasteiger partial charge on any atom is 0.328 e. The van der Waals surface area contributed by atoms with Gasteiger partial charge in [-0.2, -0.15) is 0 Å². The largest absolute Gasteiger partial charge is 0.464 e. The second kappa shape index (κ2) is 6.37. The predicted octanol–water partition coefficient (Wildman–Crippen LogP) is 1.06. The highest BCUT2D eigenvalue weighted by Crippen LogP contribution is 2.28. The molecule has 1 heterocycles. The third-order valence-corrected chi connectivity index (χ3v) is 4.13. The highest BCUT2D eigenvalue weighted by atomic mass is 16.5. The Bertz CT molecular complexity index is 340. The Morgan fingerprint density at radius 2 is 1.95 bits per heavy atom. The zero-order valence-corrected chi connectivity index (χ0v) is 11.6. The molecule has 19 heavy (non-hydrogen) atoms. The zero-order valence-electron chi connectivity index (χ0n) is 11.6. The molecule has 0 aromatic heterocycles. The monoisotopic (exact) mass is 268 g/mol. The molecule has 2 aliphatic rings. The molecule has 2 rings (SSSR count). The van der Waals surface area contributed by atoms with Crippen LogP contribution in [-0.4, -0.2) is 42.0 Å². The van der Waals surface area contributed by atoms with E-state index in [4.69, 9.17) is 10.5 Å². The lowest BCUT2D eigenvalue weighted by Crippen LogP contribution is -2.45. The Hall–Kier alpha value is -1.10. The molecule has 1 aliphatic carbocycles. The number of nitrogens with zero attached hydrogens (tertiary/aromatic N) is 1. The van der Waals surface area contributed by atoms with Crippen molar-refractivity contribution in [3.63, 3.8) is 0 Å². The van der Waals surface area contributed by atoms with Crippen LogP contribution in [0.1, 0.15) is 45.4 Å². The Morgan fingerprint density at radius 3 is 2.58 bits per heavy atom. The number of rotatable bonds is 3. The molecular weight excluding hydrogens is 244 g/mol. The number of carbonyl (C=O) groups excluding carboxylic acids is 2. The molecule has 0 bridgehead atoms. The van der Waals surface area contributed by atoms with Crippen LogP contribution in [0.4, 0.5) is 0 Å². The molecule has 0 aromatic rings. The van der Waals surface area contributed by atoms with Crippen molar-refractivity contribution in [3.05, 3.63) is 0 Å². The normalized spacial score (nSPS) is 28.4. The summed E-state index contributed by atoms with van der Waals surface area (Å²) in [6.45, 7) is 2.61. The number of hydrogen-bond acceptors (Lipinski definition) is 4. The maximum absolute atomic E-state index is 12.5. The summed E-state index contributed by atoms with van der Waals surface area (Å²) in [4.78, 5) is 26.1. The molecule has 2 fully saturated rings. The minimum absolute atomic E-state index is 0.0796. The molecule has 1 saturated heterocycles. The van der Waals surface area contributed by atoms with Gasteiger partial charge >= 0.3 is 5.97 Å². The number of likely N-dealkylation sites (tertiary alicyclic amines) is 1. The van der Waals surface area contributed by atoms with Crippen molar-refractivity contribution in [1.82, 2.24) is 4.90 Å². The molecule has 108 valence electrons. The molecule has 0 spiro atoms. The molecule has 0 radical (unpaired) electrons. The van der Waals surface area contributed by atoms with E-state index in [0.29, 0.717) is 19.6 Å². The Morgan fingerprint density at radius 1 is 1.26 bits per heavy atom. The van der Waals surface area contributed by atoms with Gasteiger partial charge in [0.2, 0.25) is 5.91 Å². The number of carbonyl (C=O) groups is 2. The quantitative estimate of drug-likeness (QED) is 0.777. The van der Waals surface area contributed by atoms with E-state index in [9.17, 15) is 9.59 Å². The summed E-state index contributed by atoms with van der Waals surface area (Å²) >= 11 is 0. The molecule has 2 unspecified atom stereocenters. The lowest BCUT2D eigenvalue weighted by atomic mass is 9.88. The fourth-order valence-corrected chi connectivity index (χ4v) is 3.16. The van der Waals surface area contributed by atoms with Gasteiger partial charge in [-0.15, -0.1) is 0 Å². The van der Waals surface area contributed by atoms with Crippen LogP contribution in [-0.2, 0) is 14.3 Å². The highest BCUT2D eigenvalue weighted by molar-refractivity contribution is 5.86. The SMILES string of the molecule is CCOC(=O)C1CC(N)CN1C(=O)C1CCCCC1. The summed E-state index contributed by atoms with van der Waals surface area (Å²) in [5, 5.41) is 0. The first kappa shape index (κ1) is 14.3. The number of amides is 1. The van der Waals surface area contributed by atoms with Gasteiger partial charge in [0.05, 0.1) is 6.61 Å². The summed E-state index contributed by atoms with van der Waals surface area (Å²) < 4.78 is 5.05. The van der Waals surface area contributed by atoms with Gasteiger partial charge in [-0.1, -0.05) is 19.3 Å². The molecule has 2 atom stereocenters. The lowest BCUT2D eigenvalue weighted by Gasteiger charge is -2.29. The van der Waals surface area contributed by atoms with Crippen LogP contribution >= 0.6 is 0 Å². The fourth-order valence-electron chi connectivity index (χ4n) is 3.16. The van der Waals surface area contributed by atoms with E-state index in [1.54, 1.807) is 11.8 Å². The highest BCUT2D eigenvalue weighted by Gasteiger charge is 2.41. The number of ether oxygens (including phenoxy) is 1. The smallest absolute Gasteiger partial charge is 0.328 e. The first-order valence-electron chi connectivity index (χ1n) is 7.36. The fraction of sp³-hybridized carbons (Fsp3) is 0.857. The first-order chi connectivity index (χ1) is 9.13. The van der Waals surface area contributed by atoms with Crippen molar-refractivity contribution >= 4 is 11.9 Å². The van der Waals surface area contributed by atoms with E-state index < -0.39 is 6.04 Å². The van der Waals surface area contributed by atoms with Crippen LogP contribution in [0.15, 0.2) is 0 Å². The maximum atomic E-state index is 12.5. The van der Waals surface area contributed by atoms with Gasteiger partial charge in [-0.3, -0.25) is 4.79 Å². The van der Waals surface area contributed by atoms with Crippen LogP contribution in [0.3, 0.4) is 0 Å². The minimum atomic E-state index is -0.468. The van der Waals surface area contributed by atoms with E-state index in [0.717, 1.165) is 25.7 Å². The second-order valence-corrected chi connectivity index (χ2v) is 5.59. The number of esters is 1. The van der Waals surface area contributed by atoms with Crippen LogP contribution in [0.2, 0.25) is 0 Å². The molecule has 0 aromatic carbocycles. The van der Waals surface area contributed by atoms with Gasteiger partial charge in [0, 0.05) is 18.5 Å². The van der Waals surface area contributed by atoms with E-state index in [2.05, 4.69) is 0 Å². The van der Waals surface area contributed by atoms with Gasteiger partial charge in [0.1, 0.15) is 6.04 Å². The standard InChI is InChI=1S/C14H24N2O3/c1-2-19-14(18)12-8-11(15)9-16(12)13(17)10-6-4-3-5-7-10/h10-12H,2-9,15H2,1H3. The Kier molecular flexibility index (Phi) is 4.80. The van der Waals surface area contributed by atoms with Gasteiger partial charge in [-0.05, 0) is 26.2 Å². The van der Waals surface area contributed by atoms with Crippen LogP contribution in [0, 0.1) is 5.92 Å². The molecule has 1 saturated carbocycles. The average molecular weight is 268 g/mol. The van der Waals surface area contributed by atoms with Gasteiger partial charge in [0.15, 0.2) is 0 Å². The summed E-state index contributed by atoms with van der Waals surface area (Å²) in [5.74, 6) is -0.124. The minimum Gasteiger partial charge on any atom is -0.464 e. The molecule has 2 N–H and O–H groups in total. The number of hydrogen-bond donors (Lipinski definition) is 1. The molecule has 5 nitrogen and oxygen atoms in total. The first-order valence-corrected chi connectivity index (χ1v) is 7.36. The molecular formula is C14H24N2O3. The Labute approximate surface area is 114 Å². The van der Waals surface area contributed by atoms with Crippen molar-refractivity contribution < 1.29 is 14.3 Å². The van der Waals surface area contributed by atoms with Crippen molar-refractivity contribution in [1.29, 1.82) is 0 Å². The van der Waals surface area contributed by atoms with Crippen LogP contribution < -0.4 is 5.73 Å². The topological polar surface area (TPSA) is 72.6 Å². The Balaban J connectivity index is 2.02.